The fourth-order valence-corrected chi connectivity index (χ4v) is 2.06. The van der Waals surface area contributed by atoms with Crippen LogP contribution in [0.4, 0.5) is 4.39 Å². The Morgan fingerprint density at radius 1 is 1.50 bits per heavy atom. The van der Waals surface area contributed by atoms with E-state index < -0.39 is 5.82 Å². The molecule has 0 aliphatic carbocycles. The number of rotatable bonds is 2. The highest BCUT2D eigenvalue weighted by atomic mass is 35.5. The molecule has 1 aliphatic rings. The van der Waals surface area contributed by atoms with Gasteiger partial charge in [-0.1, -0.05) is 11.6 Å². The number of hydrogen-bond acceptors (Lipinski definition) is 2. The molecule has 1 aromatic rings. The number of hydrogen-bond donors (Lipinski definition) is 2. The van der Waals surface area contributed by atoms with Gasteiger partial charge in [0.05, 0.1) is 5.02 Å². The quantitative estimate of drug-likeness (QED) is 0.879. The van der Waals surface area contributed by atoms with Crippen LogP contribution in [0.25, 0.3) is 0 Å². The Balaban J connectivity index is 0.00000162. The standard InChI is InChI=1S/C12H14ClFN2O.ClH/c13-10-6-8(3-4-11(10)14)12(17)16-9-2-1-5-15-7-9;/h3-4,6,9,15H,1-2,5,7H2,(H,16,17);1H. The molecule has 0 spiro atoms. The highest BCUT2D eigenvalue weighted by Gasteiger charge is 2.16. The zero-order valence-electron chi connectivity index (χ0n) is 9.71. The smallest absolute Gasteiger partial charge is 0.251 e. The third kappa shape index (κ3) is 3.83. The summed E-state index contributed by atoms with van der Waals surface area (Å²) in [5.41, 5.74) is 0.391. The van der Waals surface area contributed by atoms with Gasteiger partial charge in [0.2, 0.25) is 0 Å². The summed E-state index contributed by atoms with van der Waals surface area (Å²) < 4.78 is 12.9. The van der Waals surface area contributed by atoms with E-state index in [0.717, 1.165) is 25.9 Å². The number of piperidine rings is 1. The first-order valence-electron chi connectivity index (χ1n) is 5.63. The lowest BCUT2D eigenvalue weighted by atomic mass is 10.1. The molecular formula is C12H15Cl2FN2O. The predicted molar refractivity (Wildman–Crippen MR) is 72.0 cm³/mol. The van der Waals surface area contributed by atoms with Gasteiger partial charge in [-0.05, 0) is 37.6 Å². The molecule has 1 fully saturated rings. The number of carbonyl (C=O) groups is 1. The Labute approximate surface area is 116 Å². The van der Waals surface area contributed by atoms with Crippen molar-refractivity contribution in [3.05, 3.63) is 34.6 Å². The normalized spacial score (nSPS) is 18.9. The summed E-state index contributed by atoms with van der Waals surface area (Å²) in [6.07, 6.45) is 2.02. The van der Waals surface area contributed by atoms with E-state index in [0.29, 0.717) is 5.56 Å². The SMILES string of the molecule is Cl.O=C(NC1CCCNC1)c1ccc(F)c(Cl)c1. The van der Waals surface area contributed by atoms with Crippen molar-refractivity contribution in [2.45, 2.75) is 18.9 Å². The highest BCUT2D eigenvalue weighted by molar-refractivity contribution is 6.31. The molecule has 1 aromatic carbocycles. The molecule has 2 N–H and O–H groups in total. The van der Waals surface area contributed by atoms with Gasteiger partial charge in [0.25, 0.3) is 5.91 Å². The van der Waals surface area contributed by atoms with Crippen molar-refractivity contribution in [3.8, 4) is 0 Å². The van der Waals surface area contributed by atoms with Crippen LogP contribution in [0.3, 0.4) is 0 Å². The summed E-state index contributed by atoms with van der Waals surface area (Å²) in [7, 11) is 0. The van der Waals surface area contributed by atoms with Gasteiger partial charge >= 0.3 is 0 Å². The molecule has 6 heteroatoms. The summed E-state index contributed by atoms with van der Waals surface area (Å²) in [6.45, 7) is 1.77. The molecule has 3 nitrogen and oxygen atoms in total. The minimum Gasteiger partial charge on any atom is -0.348 e. The van der Waals surface area contributed by atoms with Gasteiger partial charge < -0.3 is 10.6 Å². The molecule has 1 atom stereocenters. The monoisotopic (exact) mass is 292 g/mol. The van der Waals surface area contributed by atoms with Crippen LogP contribution >= 0.6 is 24.0 Å². The van der Waals surface area contributed by atoms with Crippen LogP contribution in [-0.2, 0) is 0 Å². The second kappa shape index (κ2) is 6.92. The number of amides is 1. The van der Waals surface area contributed by atoms with Crippen molar-refractivity contribution in [2.75, 3.05) is 13.1 Å². The van der Waals surface area contributed by atoms with Crippen LogP contribution in [0.2, 0.25) is 5.02 Å². The average molecular weight is 293 g/mol. The Kier molecular flexibility index (Phi) is 5.85. The first kappa shape index (κ1) is 15.2. The van der Waals surface area contributed by atoms with Crippen molar-refractivity contribution in [3.63, 3.8) is 0 Å². The zero-order chi connectivity index (χ0) is 12.3. The van der Waals surface area contributed by atoms with Gasteiger partial charge in [0.1, 0.15) is 5.82 Å². The second-order valence-corrected chi connectivity index (χ2v) is 4.55. The summed E-state index contributed by atoms with van der Waals surface area (Å²) in [4.78, 5) is 11.9. The average Bonchev–Trinajstić information content (AvgIpc) is 2.34. The van der Waals surface area contributed by atoms with Gasteiger partial charge in [0, 0.05) is 18.2 Å². The number of halogens is 3. The molecular weight excluding hydrogens is 278 g/mol. The number of benzene rings is 1. The molecule has 2 rings (SSSR count). The molecule has 1 amide bonds. The van der Waals surface area contributed by atoms with Crippen LogP contribution in [-0.4, -0.2) is 25.0 Å². The van der Waals surface area contributed by atoms with Crippen molar-refractivity contribution in [1.29, 1.82) is 0 Å². The number of carbonyl (C=O) groups excluding carboxylic acids is 1. The van der Waals surface area contributed by atoms with Crippen molar-refractivity contribution >= 4 is 29.9 Å². The zero-order valence-corrected chi connectivity index (χ0v) is 11.3. The highest BCUT2D eigenvalue weighted by Crippen LogP contribution is 2.16. The maximum absolute atomic E-state index is 12.9. The first-order chi connectivity index (χ1) is 8.16. The molecule has 100 valence electrons. The largest absolute Gasteiger partial charge is 0.348 e. The van der Waals surface area contributed by atoms with Crippen LogP contribution in [0, 0.1) is 5.82 Å². The Hall–Kier alpha value is -0.840. The minimum atomic E-state index is -0.512. The lowest BCUT2D eigenvalue weighted by Crippen LogP contribution is -2.45. The van der Waals surface area contributed by atoms with Crippen LogP contribution in [0.15, 0.2) is 18.2 Å². The summed E-state index contributed by atoms with van der Waals surface area (Å²) in [5.74, 6) is -0.719. The molecule has 0 saturated carbocycles. The third-order valence-electron chi connectivity index (χ3n) is 2.81. The Morgan fingerprint density at radius 2 is 2.28 bits per heavy atom. The molecule has 0 radical (unpaired) electrons. The Bertz CT molecular complexity index is 423. The molecule has 1 aliphatic heterocycles. The number of nitrogens with one attached hydrogen (secondary N) is 2. The van der Waals surface area contributed by atoms with Gasteiger partial charge in [-0.2, -0.15) is 0 Å². The maximum Gasteiger partial charge on any atom is 0.251 e. The van der Waals surface area contributed by atoms with E-state index in [2.05, 4.69) is 10.6 Å². The van der Waals surface area contributed by atoms with E-state index in [1.54, 1.807) is 0 Å². The summed E-state index contributed by atoms with van der Waals surface area (Å²) >= 11 is 5.63. The summed E-state index contributed by atoms with van der Waals surface area (Å²) in [6, 6.07) is 4.13. The molecule has 1 unspecified atom stereocenters. The van der Waals surface area contributed by atoms with E-state index in [4.69, 9.17) is 11.6 Å². The molecule has 0 bridgehead atoms. The fraction of sp³-hybridized carbons (Fsp3) is 0.417. The Morgan fingerprint density at radius 3 is 2.89 bits per heavy atom. The second-order valence-electron chi connectivity index (χ2n) is 4.15. The van der Waals surface area contributed by atoms with Gasteiger partial charge in [-0.3, -0.25) is 4.79 Å². The molecule has 0 aromatic heterocycles. The van der Waals surface area contributed by atoms with Gasteiger partial charge in [-0.25, -0.2) is 4.39 Å². The van der Waals surface area contributed by atoms with Crippen molar-refractivity contribution < 1.29 is 9.18 Å². The minimum absolute atomic E-state index is 0. The van der Waals surface area contributed by atoms with Crippen molar-refractivity contribution in [1.82, 2.24) is 10.6 Å². The third-order valence-corrected chi connectivity index (χ3v) is 3.10. The fourth-order valence-electron chi connectivity index (χ4n) is 1.88. The van der Waals surface area contributed by atoms with E-state index in [-0.39, 0.29) is 29.4 Å². The van der Waals surface area contributed by atoms with Crippen LogP contribution in [0.1, 0.15) is 23.2 Å². The van der Waals surface area contributed by atoms with Crippen LogP contribution < -0.4 is 10.6 Å². The van der Waals surface area contributed by atoms with Crippen molar-refractivity contribution in [2.24, 2.45) is 0 Å². The van der Waals surface area contributed by atoms with E-state index >= 15 is 0 Å². The molecule has 1 heterocycles. The van der Waals surface area contributed by atoms with Gasteiger partial charge in [0.15, 0.2) is 0 Å². The lowest BCUT2D eigenvalue weighted by Gasteiger charge is -2.23. The first-order valence-corrected chi connectivity index (χ1v) is 6.01. The lowest BCUT2D eigenvalue weighted by molar-refractivity contribution is 0.0930. The maximum atomic E-state index is 12.9. The van der Waals surface area contributed by atoms with E-state index in [9.17, 15) is 9.18 Å². The molecule has 1 saturated heterocycles. The summed E-state index contributed by atoms with van der Waals surface area (Å²) in [5, 5.41) is 6.08. The topological polar surface area (TPSA) is 41.1 Å². The van der Waals surface area contributed by atoms with Gasteiger partial charge in [-0.15, -0.1) is 12.4 Å². The van der Waals surface area contributed by atoms with Crippen LogP contribution in [0.5, 0.6) is 0 Å². The molecule has 18 heavy (non-hydrogen) atoms. The van der Waals surface area contributed by atoms with E-state index in [1.165, 1.54) is 18.2 Å². The predicted octanol–water partition coefficient (Wildman–Crippen LogP) is 2.38. The van der Waals surface area contributed by atoms with E-state index in [1.807, 2.05) is 0 Å².